The highest BCUT2D eigenvalue weighted by Crippen LogP contribution is 2.17. The van der Waals surface area contributed by atoms with Gasteiger partial charge in [0.25, 0.3) is 5.91 Å². The first kappa shape index (κ1) is 25.0. The summed E-state index contributed by atoms with van der Waals surface area (Å²) < 4.78 is 5.83. The van der Waals surface area contributed by atoms with Crippen molar-refractivity contribution in [3.05, 3.63) is 101 Å². The fraction of sp³-hybridized carbons (Fsp3) is 0.310. The second-order valence-corrected chi connectivity index (χ2v) is 8.61. The highest BCUT2D eigenvalue weighted by atomic mass is 16.5. The van der Waals surface area contributed by atoms with Crippen molar-refractivity contribution in [1.29, 1.82) is 0 Å². The van der Waals surface area contributed by atoms with Crippen LogP contribution in [0.1, 0.15) is 35.6 Å². The number of nitrogens with one attached hydrogen (secondary N) is 1. The Morgan fingerprint density at radius 2 is 1.56 bits per heavy atom. The lowest BCUT2D eigenvalue weighted by atomic mass is 10.0. The van der Waals surface area contributed by atoms with E-state index in [1.165, 1.54) is 0 Å². The van der Waals surface area contributed by atoms with E-state index in [4.69, 9.17) is 4.74 Å². The van der Waals surface area contributed by atoms with Crippen LogP contribution < -0.4 is 10.1 Å². The fourth-order valence-electron chi connectivity index (χ4n) is 3.86. The van der Waals surface area contributed by atoms with Gasteiger partial charge in [0.05, 0.1) is 0 Å². The van der Waals surface area contributed by atoms with Crippen LogP contribution in [0.5, 0.6) is 5.75 Å². The van der Waals surface area contributed by atoms with E-state index >= 15 is 0 Å². The molecule has 0 saturated heterocycles. The van der Waals surface area contributed by atoms with Gasteiger partial charge in [-0.1, -0.05) is 79.2 Å². The molecule has 3 aromatic rings. The highest BCUT2D eigenvalue weighted by molar-refractivity contribution is 5.88. The molecule has 2 amide bonds. The van der Waals surface area contributed by atoms with Gasteiger partial charge < -0.3 is 15.0 Å². The van der Waals surface area contributed by atoms with Crippen molar-refractivity contribution >= 4 is 11.8 Å². The SMILES string of the molecule is CCCNC(=O)[C@H](Cc1ccccc1)N(Cc1cccc(C)c1)C(=O)COc1cccc(C)c1. The maximum absolute atomic E-state index is 13.5. The third-order valence-electron chi connectivity index (χ3n) is 5.61. The van der Waals surface area contributed by atoms with Crippen LogP contribution >= 0.6 is 0 Å². The lowest BCUT2D eigenvalue weighted by Crippen LogP contribution is -2.51. The molecule has 178 valence electrons. The van der Waals surface area contributed by atoms with Crippen molar-refractivity contribution in [2.45, 2.75) is 46.2 Å². The molecule has 0 fully saturated rings. The molecule has 0 unspecified atom stereocenters. The predicted octanol–water partition coefficient (Wildman–Crippen LogP) is 4.85. The van der Waals surface area contributed by atoms with Crippen LogP contribution in [-0.2, 0) is 22.6 Å². The molecule has 3 rings (SSSR count). The Bertz CT molecular complexity index is 1080. The van der Waals surface area contributed by atoms with E-state index in [9.17, 15) is 9.59 Å². The first-order chi connectivity index (χ1) is 16.5. The van der Waals surface area contributed by atoms with E-state index in [0.29, 0.717) is 25.3 Å². The first-order valence-corrected chi connectivity index (χ1v) is 11.8. The number of carbonyl (C=O) groups is 2. The van der Waals surface area contributed by atoms with E-state index in [2.05, 4.69) is 5.32 Å². The van der Waals surface area contributed by atoms with Crippen LogP contribution in [0.3, 0.4) is 0 Å². The topological polar surface area (TPSA) is 58.6 Å². The Morgan fingerprint density at radius 3 is 2.24 bits per heavy atom. The van der Waals surface area contributed by atoms with E-state index in [-0.39, 0.29) is 18.4 Å². The Hall–Kier alpha value is -3.60. The summed E-state index contributed by atoms with van der Waals surface area (Å²) in [5, 5.41) is 2.99. The molecule has 0 aromatic heterocycles. The van der Waals surface area contributed by atoms with Crippen LogP contribution in [0.15, 0.2) is 78.9 Å². The summed E-state index contributed by atoms with van der Waals surface area (Å²) in [5.41, 5.74) is 4.14. The van der Waals surface area contributed by atoms with E-state index in [0.717, 1.165) is 28.7 Å². The van der Waals surface area contributed by atoms with Crippen LogP contribution in [-0.4, -0.2) is 35.9 Å². The second-order valence-electron chi connectivity index (χ2n) is 8.61. The van der Waals surface area contributed by atoms with E-state index < -0.39 is 6.04 Å². The summed E-state index contributed by atoms with van der Waals surface area (Å²) in [6.07, 6.45) is 1.25. The van der Waals surface area contributed by atoms with Crippen molar-refractivity contribution < 1.29 is 14.3 Å². The Labute approximate surface area is 202 Å². The smallest absolute Gasteiger partial charge is 0.261 e. The third kappa shape index (κ3) is 7.48. The van der Waals surface area contributed by atoms with E-state index in [1.54, 1.807) is 4.90 Å². The van der Waals surface area contributed by atoms with Gasteiger partial charge in [-0.05, 0) is 49.1 Å². The molecule has 0 aliphatic heterocycles. The van der Waals surface area contributed by atoms with E-state index in [1.807, 2.05) is 99.6 Å². The molecule has 5 heteroatoms. The Kier molecular flexibility index (Phi) is 9.27. The number of aryl methyl sites for hydroxylation is 2. The van der Waals surface area contributed by atoms with Gasteiger partial charge in [-0.15, -0.1) is 0 Å². The average molecular weight is 459 g/mol. The maximum atomic E-state index is 13.5. The number of nitrogens with zero attached hydrogens (tertiary/aromatic N) is 1. The number of benzene rings is 3. The normalized spacial score (nSPS) is 11.5. The van der Waals surface area contributed by atoms with Gasteiger partial charge in [-0.3, -0.25) is 9.59 Å². The monoisotopic (exact) mass is 458 g/mol. The minimum atomic E-state index is -0.650. The van der Waals surface area contributed by atoms with Crippen molar-refractivity contribution in [3.8, 4) is 5.75 Å². The van der Waals surface area contributed by atoms with Crippen molar-refractivity contribution in [2.75, 3.05) is 13.2 Å². The largest absolute Gasteiger partial charge is 0.484 e. The van der Waals surface area contributed by atoms with Gasteiger partial charge >= 0.3 is 0 Å². The van der Waals surface area contributed by atoms with Crippen LogP contribution in [0.4, 0.5) is 0 Å². The van der Waals surface area contributed by atoms with Gasteiger partial charge in [0, 0.05) is 19.5 Å². The van der Waals surface area contributed by atoms with Crippen molar-refractivity contribution in [2.24, 2.45) is 0 Å². The van der Waals surface area contributed by atoms with Gasteiger partial charge in [0.1, 0.15) is 11.8 Å². The van der Waals surface area contributed by atoms with Gasteiger partial charge in [0.2, 0.25) is 5.91 Å². The standard InChI is InChI=1S/C29H34N2O3/c1-4-16-30-29(33)27(19-24-12-6-5-7-13-24)31(20-25-14-8-10-22(2)17-25)28(32)21-34-26-15-9-11-23(3)18-26/h5-15,17-18,27H,4,16,19-21H2,1-3H3,(H,30,33)/t27-/m0/s1. The molecule has 0 heterocycles. The zero-order valence-corrected chi connectivity index (χ0v) is 20.3. The maximum Gasteiger partial charge on any atom is 0.261 e. The minimum absolute atomic E-state index is 0.137. The van der Waals surface area contributed by atoms with Crippen LogP contribution in [0.2, 0.25) is 0 Å². The molecule has 0 aliphatic carbocycles. The summed E-state index contributed by atoms with van der Waals surface area (Å²) in [5.74, 6) is 0.261. The molecule has 0 radical (unpaired) electrons. The number of hydrogen-bond acceptors (Lipinski definition) is 3. The first-order valence-electron chi connectivity index (χ1n) is 11.8. The number of carbonyl (C=O) groups excluding carboxylic acids is 2. The highest BCUT2D eigenvalue weighted by Gasteiger charge is 2.30. The Balaban J connectivity index is 1.89. The number of ether oxygens (including phenoxy) is 1. The van der Waals surface area contributed by atoms with Crippen molar-refractivity contribution in [3.63, 3.8) is 0 Å². The molecule has 5 nitrogen and oxygen atoms in total. The number of hydrogen-bond donors (Lipinski definition) is 1. The second kappa shape index (κ2) is 12.6. The molecule has 0 spiro atoms. The predicted molar refractivity (Wildman–Crippen MR) is 136 cm³/mol. The zero-order valence-electron chi connectivity index (χ0n) is 20.3. The number of rotatable bonds is 11. The molecule has 1 atom stereocenters. The summed E-state index contributed by atoms with van der Waals surface area (Å²) in [6.45, 7) is 6.77. The van der Waals surface area contributed by atoms with Gasteiger partial charge in [-0.25, -0.2) is 0 Å². The molecule has 0 aliphatic rings. The quantitative estimate of drug-likeness (QED) is 0.447. The molecular weight excluding hydrogens is 424 g/mol. The lowest BCUT2D eigenvalue weighted by Gasteiger charge is -2.31. The molecule has 0 bridgehead atoms. The molecule has 1 N–H and O–H groups in total. The van der Waals surface area contributed by atoms with Crippen LogP contribution in [0, 0.1) is 13.8 Å². The summed E-state index contributed by atoms with van der Waals surface area (Å²) in [7, 11) is 0. The van der Waals surface area contributed by atoms with Crippen LogP contribution in [0.25, 0.3) is 0 Å². The summed E-state index contributed by atoms with van der Waals surface area (Å²) in [6, 6.07) is 24.8. The number of amides is 2. The minimum Gasteiger partial charge on any atom is -0.484 e. The summed E-state index contributed by atoms with van der Waals surface area (Å²) >= 11 is 0. The third-order valence-corrected chi connectivity index (χ3v) is 5.61. The molecular formula is C29H34N2O3. The lowest BCUT2D eigenvalue weighted by molar-refractivity contribution is -0.142. The van der Waals surface area contributed by atoms with Gasteiger partial charge in [0.15, 0.2) is 6.61 Å². The average Bonchev–Trinajstić information content (AvgIpc) is 2.84. The zero-order chi connectivity index (χ0) is 24.3. The fourth-order valence-corrected chi connectivity index (χ4v) is 3.86. The van der Waals surface area contributed by atoms with Crippen molar-refractivity contribution in [1.82, 2.24) is 10.2 Å². The Morgan fingerprint density at radius 1 is 0.882 bits per heavy atom. The molecule has 0 saturated carbocycles. The molecule has 3 aromatic carbocycles. The summed E-state index contributed by atoms with van der Waals surface area (Å²) in [4.78, 5) is 28.5. The van der Waals surface area contributed by atoms with Gasteiger partial charge in [-0.2, -0.15) is 0 Å². The molecule has 34 heavy (non-hydrogen) atoms.